The highest BCUT2D eigenvalue weighted by Gasteiger charge is 2.01. The van der Waals surface area contributed by atoms with Gasteiger partial charge in [0.15, 0.2) is 0 Å². The van der Waals surface area contributed by atoms with Crippen molar-refractivity contribution in [3.63, 3.8) is 0 Å². The summed E-state index contributed by atoms with van der Waals surface area (Å²) in [5.74, 6) is 0. The number of rotatable bonds is 2. The fraction of sp³-hybridized carbons (Fsp3) is 0.571. The lowest BCUT2D eigenvalue weighted by Gasteiger charge is -2.08. The van der Waals surface area contributed by atoms with Crippen molar-refractivity contribution in [3.05, 3.63) is 18.2 Å². The first-order valence-corrected chi connectivity index (χ1v) is 3.37. The van der Waals surface area contributed by atoms with Crippen LogP contribution in [0.1, 0.15) is 25.6 Å². The van der Waals surface area contributed by atoms with E-state index in [4.69, 9.17) is 5.11 Å². The van der Waals surface area contributed by atoms with Gasteiger partial charge in [0.05, 0.1) is 24.8 Å². The molecule has 0 aromatic carbocycles. The summed E-state index contributed by atoms with van der Waals surface area (Å²) in [5.41, 5.74) is 0.870. The molecule has 0 saturated heterocycles. The van der Waals surface area contributed by atoms with Crippen LogP contribution in [0.5, 0.6) is 0 Å². The predicted octanol–water partition coefficient (Wildman–Crippen LogP) is 0.956. The minimum atomic E-state index is 0.0676. The Bertz CT molecular complexity index is 205. The second-order valence-electron chi connectivity index (χ2n) is 2.54. The standard InChI is InChI=1S/C7H12N2O/c1-6(2)9-5-8-3-7(9)4-10/h3,5-6,10H,4H2,1-2H3. The lowest BCUT2D eigenvalue weighted by atomic mass is 10.3. The molecular weight excluding hydrogens is 128 g/mol. The van der Waals surface area contributed by atoms with Gasteiger partial charge in [-0.05, 0) is 13.8 Å². The summed E-state index contributed by atoms with van der Waals surface area (Å²) in [5, 5.41) is 8.80. The minimum Gasteiger partial charge on any atom is -0.390 e. The van der Waals surface area contributed by atoms with E-state index < -0.39 is 0 Å². The Morgan fingerprint density at radius 1 is 1.70 bits per heavy atom. The van der Waals surface area contributed by atoms with E-state index in [0.717, 1.165) is 5.69 Å². The van der Waals surface area contributed by atoms with Gasteiger partial charge in [-0.3, -0.25) is 0 Å². The molecule has 0 aliphatic rings. The third kappa shape index (κ3) is 1.19. The maximum Gasteiger partial charge on any atom is 0.0951 e. The Hall–Kier alpha value is -0.830. The quantitative estimate of drug-likeness (QED) is 0.664. The van der Waals surface area contributed by atoms with Crippen LogP contribution in [0.3, 0.4) is 0 Å². The molecule has 0 fully saturated rings. The number of nitrogens with zero attached hydrogens (tertiary/aromatic N) is 2. The zero-order chi connectivity index (χ0) is 7.56. The molecule has 0 aliphatic heterocycles. The molecule has 0 saturated carbocycles. The second kappa shape index (κ2) is 2.84. The number of imidazole rings is 1. The van der Waals surface area contributed by atoms with Gasteiger partial charge in [-0.15, -0.1) is 0 Å². The molecule has 1 heterocycles. The molecule has 3 nitrogen and oxygen atoms in total. The lowest BCUT2D eigenvalue weighted by molar-refractivity contribution is 0.268. The topological polar surface area (TPSA) is 38.0 Å². The summed E-state index contributed by atoms with van der Waals surface area (Å²) in [7, 11) is 0. The van der Waals surface area contributed by atoms with Crippen molar-refractivity contribution in [2.75, 3.05) is 0 Å². The fourth-order valence-electron chi connectivity index (χ4n) is 0.919. The first kappa shape index (κ1) is 7.28. The van der Waals surface area contributed by atoms with Crippen molar-refractivity contribution in [2.24, 2.45) is 0 Å². The highest BCUT2D eigenvalue weighted by Crippen LogP contribution is 2.07. The second-order valence-corrected chi connectivity index (χ2v) is 2.54. The summed E-state index contributed by atoms with van der Waals surface area (Å²) in [6.07, 6.45) is 3.41. The normalized spacial score (nSPS) is 10.8. The van der Waals surface area contributed by atoms with Crippen LogP contribution in [0.4, 0.5) is 0 Å². The molecule has 3 heteroatoms. The van der Waals surface area contributed by atoms with E-state index in [2.05, 4.69) is 18.8 Å². The highest BCUT2D eigenvalue weighted by atomic mass is 16.3. The van der Waals surface area contributed by atoms with Crippen molar-refractivity contribution in [1.82, 2.24) is 9.55 Å². The monoisotopic (exact) mass is 140 g/mol. The molecule has 0 radical (unpaired) electrons. The molecule has 0 atom stereocenters. The van der Waals surface area contributed by atoms with Gasteiger partial charge in [-0.2, -0.15) is 0 Å². The molecule has 1 aromatic rings. The van der Waals surface area contributed by atoms with Crippen LogP contribution in [0.15, 0.2) is 12.5 Å². The molecule has 0 unspecified atom stereocenters. The van der Waals surface area contributed by atoms with Gasteiger partial charge in [-0.1, -0.05) is 0 Å². The number of aliphatic hydroxyl groups excluding tert-OH is 1. The van der Waals surface area contributed by atoms with Crippen LogP contribution in [0.2, 0.25) is 0 Å². The average molecular weight is 140 g/mol. The zero-order valence-corrected chi connectivity index (χ0v) is 6.28. The van der Waals surface area contributed by atoms with Crippen LogP contribution >= 0.6 is 0 Å². The fourth-order valence-corrected chi connectivity index (χ4v) is 0.919. The maximum atomic E-state index is 8.80. The highest BCUT2D eigenvalue weighted by molar-refractivity contribution is 4.97. The summed E-state index contributed by atoms with van der Waals surface area (Å²) in [6, 6.07) is 0.379. The smallest absolute Gasteiger partial charge is 0.0951 e. The number of aromatic nitrogens is 2. The molecule has 10 heavy (non-hydrogen) atoms. The van der Waals surface area contributed by atoms with Crippen LogP contribution in [0.25, 0.3) is 0 Å². The van der Waals surface area contributed by atoms with Gasteiger partial charge in [0.25, 0.3) is 0 Å². The van der Waals surface area contributed by atoms with Crippen molar-refractivity contribution in [2.45, 2.75) is 26.5 Å². The Morgan fingerprint density at radius 2 is 2.40 bits per heavy atom. The van der Waals surface area contributed by atoms with Crippen molar-refractivity contribution in [1.29, 1.82) is 0 Å². The lowest BCUT2D eigenvalue weighted by Crippen LogP contribution is -2.03. The first-order chi connectivity index (χ1) is 4.75. The maximum absolute atomic E-state index is 8.80. The van der Waals surface area contributed by atoms with E-state index in [1.54, 1.807) is 12.5 Å². The number of hydrogen-bond donors (Lipinski definition) is 1. The van der Waals surface area contributed by atoms with Gasteiger partial charge < -0.3 is 9.67 Å². The van der Waals surface area contributed by atoms with Crippen LogP contribution in [-0.4, -0.2) is 14.7 Å². The summed E-state index contributed by atoms with van der Waals surface area (Å²) < 4.78 is 1.94. The van der Waals surface area contributed by atoms with Crippen molar-refractivity contribution < 1.29 is 5.11 Å². The molecular formula is C7H12N2O. The van der Waals surface area contributed by atoms with Crippen LogP contribution in [-0.2, 0) is 6.61 Å². The molecule has 1 N–H and O–H groups in total. The summed E-state index contributed by atoms with van der Waals surface area (Å²) in [6.45, 7) is 4.18. The molecule has 0 aliphatic carbocycles. The van der Waals surface area contributed by atoms with Gasteiger partial charge in [-0.25, -0.2) is 4.98 Å². The largest absolute Gasteiger partial charge is 0.390 e. The summed E-state index contributed by atoms with van der Waals surface area (Å²) in [4.78, 5) is 3.92. The van der Waals surface area contributed by atoms with Gasteiger partial charge in [0, 0.05) is 6.04 Å². The predicted molar refractivity (Wildman–Crippen MR) is 38.5 cm³/mol. The van der Waals surface area contributed by atoms with E-state index in [1.165, 1.54) is 0 Å². The third-order valence-corrected chi connectivity index (χ3v) is 1.46. The van der Waals surface area contributed by atoms with Crippen molar-refractivity contribution >= 4 is 0 Å². The average Bonchev–Trinajstić information content (AvgIpc) is 2.33. The Morgan fingerprint density at radius 3 is 2.80 bits per heavy atom. The molecule has 1 rings (SSSR count). The van der Waals surface area contributed by atoms with Crippen LogP contribution < -0.4 is 0 Å². The van der Waals surface area contributed by atoms with Gasteiger partial charge in [0.2, 0.25) is 0 Å². The van der Waals surface area contributed by atoms with Gasteiger partial charge >= 0.3 is 0 Å². The molecule has 1 aromatic heterocycles. The molecule has 0 bridgehead atoms. The third-order valence-electron chi connectivity index (χ3n) is 1.46. The SMILES string of the molecule is CC(C)n1cncc1CO. The Balaban J connectivity index is 2.90. The number of aliphatic hydroxyl groups is 1. The van der Waals surface area contributed by atoms with E-state index in [-0.39, 0.29) is 6.61 Å². The van der Waals surface area contributed by atoms with Crippen molar-refractivity contribution in [3.8, 4) is 0 Å². The zero-order valence-electron chi connectivity index (χ0n) is 6.28. The van der Waals surface area contributed by atoms with Gasteiger partial charge in [0.1, 0.15) is 0 Å². The van der Waals surface area contributed by atoms with Crippen LogP contribution in [0, 0.1) is 0 Å². The van der Waals surface area contributed by atoms with E-state index in [0.29, 0.717) is 6.04 Å². The first-order valence-electron chi connectivity index (χ1n) is 3.37. The summed E-state index contributed by atoms with van der Waals surface area (Å²) >= 11 is 0. The molecule has 0 amide bonds. The Labute approximate surface area is 60.3 Å². The van der Waals surface area contributed by atoms with E-state index in [9.17, 15) is 0 Å². The molecule has 56 valence electrons. The van der Waals surface area contributed by atoms with E-state index in [1.807, 2.05) is 4.57 Å². The minimum absolute atomic E-state index is 0.0676. The molecule has 0 spiro atoms. The Kier molecular flexibility index (Phi) is 2.06. The number of hydrogen-bond acceptors (Lipinski definition) is 2. The van der Waals surface area contributed by atoms with E-state index >= 15 is 0 Å².